The maximum atomic E-state index is 10.3. The molecule has 13 heavy (non-hydrogen) atoms. The van der Waals surface area contributed by atoms with Crippen LogP contribution in [-0.2, 0) is 14.7 Å². The summed E-state index contributed by atoms with van der Waals surface area (Å²) in [6, 6.07) is 0. The van der Waals surface area contributed by atoms with Crippen molar-refractivity contribution in [1.29, 1.82) is 0 Å². The second kappa shape index (κ2) is 6.38. The molecule has 0 rings (SSSR count). The Morgan fingerprint density at radius 1 is 1.15 bits per heavy atom. The fraction of sp³-hybridized carbons (Fsp3) is 1.00. The van der Waals surface area contributed by atoms with E-state index in [2.05, 4.69) is 13.8 Å². The van der Waals surface area contributed by atoms with Crippen LogP contribution in [0, 0.1) is 5.92 Å². The first-order valence-electron chi connectivity index (χ1n) is 4.89. The molecule has 0 aliphatic heterocycles. The van der Waals surface area contributed by atoms with Crippen LogP contribution in [0.15, 0.2) is 0 Å². The molecule has 1 radical (unpaired) electrons. The van der Waals surface area contributed by atoms with Gasteiger partial charge in [0.15, 0.2) is 0 Å². The van der Waals surface area contributed by atoms with Crippen molar-refractivity contribution >= 4 is 10.1 Å². The molecule has 0 spiro atoms. The van der Waals surface area contributed by atoms with Gasteiger partial charge in [-0.05, 0) is 18.8 Å². The topological polar surface area (TPSA) is 54.0 Å². The van der Waals surface area contributed by atoms with Gasteiger partial charge in [0.1, 0.15) is 0 Å². The summed E-state index contributed by atoms with van der Waals surface area (Å²) >= 11 is 0. The molecule has 0 aromatic carbocycles. The normalized spacial score (nSPS) is 14.4. The molecule has 4 heteroatoms. The minimum atomic E-state index is -3.99. The van der Waals surface area contributed by atoms with Crippen LogP contribution >= 0.6 is 0 Å². The van der Waals surface area contributed by atoms with E-state index in [4.69, 9.17) is 0 Å². The molecule has 1 unspecified atom stereocenters. The lowest BCUT2D eigenvalue weighted by Crippen LogP contribution is -2.04. The van der Waals surface area contributed by atoms with Gasteiger partial charge in [0.2, 0.25) is 0 Å². The molecule has 0 amide bonds. The van der Waals surface area contributed by atoms with Gasteiger partial charge in [0, 0.05) is 0 Å². The first-order chi connectivity index (χ1) is 5.95. The summed E-state index contributed by atoms with van der Waals surface area (Å²) in [5.74, 6) is 0.338. The molecule has 0 aliphatic carbocycles. The molecule has 0 heterocycles. The van der Waals surface area contributed by atoms with E-state index in [1.165, 1.54) is 12.8 Å². The monoisotopic (exact) mass is 207 g/mol. The number of rotatable bonds is 7. The van der Waals surface area contributed by atoms with Crippen LogP contribution in [0.1, 0.15) is 46.0 Å². The Bertz CT molecular complexity index is 209. The SMILES string of the molecule is CCCCC(C)CCCS([O])(=O)=O. The molecule has 0 aliphatic rings. The van der Waals surface area contributed by atoms with Crippen LogP contribution < -0.4 is 0 Å². The third-order valence-corrected chi connectivity index (χ3v) is 2.93. The van der Waals surface area contributed by atoms with Crippen LogP contribution in [0.25, 0.3) is 0 Å². The Balaban J connectivity index is 3.42. The second-order valence-corrected chi connectivity index (χ2v) is 5.18. The van der Waals surface area contributed by atoms with Crippen LogP contribution in [-0.4, -0.2) is 14.2 Å². The maximum absolute atomic E-state index is 10.3. The minimum Gasteiger partial charge on any atom is -0.197 e. The van der Waals surface area contributed by atoms with Gasteiger partial charge in [0.05, 0.1) is 5.75 Å². The molecule has 79 valence electrons. The van der Waals surface area contributed by atoms with Crippen molar-refractivity contribution < 1.29 is 13.0 Å². The van der Waals surface area contributed by atoms with Gasteiger partial charge in [-0.3, -0.25) is 0 Å². The summed E-state index contributed by atoms with van der Waals surface area (Å²) in [6.45, 7) is 4.24. The number of hydrogen-bond acceptors (Lipinski definition) is 2. The highest BCUT2D eigenvalue weighted by atomic mass is 32.2. The Kier molecular flexibility index (Phi) is 6.33. The zero-order valence-electron chi connectivity index (χ0n) is 8.45. The van der Waals surface area contributed by atoms with E-state index in [1.54, 1.807) is 0 Å². The van der Waals surface area contributed by atoms with E-state index >= 15 is 0 Å². The average Bonchev–Trinajstić information content (AvgIpc) is 1.98. The van der Waals surface area contributed by atoms with Crippen LogP contribution in [0.2, 0.25) is 0 Å². The van der Waals surface area contributed by atoms with Gasteiger partial charge < -0.3 is 0 Å². The Morgan fingerprint density at radius 2 is 1.69 bits per heavy atom. The van der Waals surface area contributed by atoms with Crippen molar-refractivity contribution in [2.45, 2.75) is 46.0 Å². The van der Waals surface area contributed by atoms with Crippen molar-refractivity contribution in [1.82, 2.24) is 0 Å². The van der Waals surface area contributed by atoms with E-state index < -0.39 is 10.1 Å². The minimum absolute atomic E-state index is 0.205. The quantitative estimate of drug-likeness (QED) is 0.643. The molecule has 0 saturated heterocycles. The summed E-state index contributed by atoms with van der Waals surface area (Å²) in [6.07, 6.45) is 4.85. The summed E-state index contributed by atoms with van der Waals surface area (Å²) < 4.78 is 30.8. The maximum Gasteiger partial charge on any atom is 0.294 e. The molecule has 0 aromatic rings. The van der Waals surface area contributed by atoms with Gasteiger partial charge in [0.25, 0.3) is 10.1 Å². The summed E-state index contributed by atoms with van der Waals surface area (Å²) in [5.41, 5.74) is 0. The van der Waals surface area contributed by atoms with Gasteiger partial charge >= 0.3 is 0 Å². The third kappa shape index (κ3) is 9.83. The summed E-state index contributed by atoms with van der Waals surface area (Å²) in [4.78, 5) is 0. The highest BCUT2D eigenvalue weighted by Gasteiger charge is 2.08. The smallest absolute Gasteiger partial charge is 0.197 e. The highest BCUT2D eigenvalue weighted by Crippen LogP contribution is 2.14. The molecule has 0 saturated carbocycles. The second-order valence-electron chi connectivity index (χ2n) is 3.65. The molecule has 3 nitrogen and oxygen atoms in total. The standard InChI is InChI=1S/C9H19O3S/c1-3-4-6-9(2)7-5-8-13(10,11)12/h9H,3-8H2,1-2H3. The fourth-order valence-corrected chi connectivity index (χ4v) is 1.83. The molecule has 0 bridgehead atoms. The van der Waals surface area contributed by atoms with Crippen LogP contribution in [0.3, 0.4) is 0 Å². The van der Waals surface area contributed by atoms with Gasteiger partial charge in [-0.2, -0.15) is 8.42 Å². The van der Waals surface area contributed by atoms with Gasteiger partial charge in [-0.15, -0.1) is 0 Å². The van der Waals surface area contributed by atoms with E-state index in [0.717, 1.165) is 12.8 Å². The Hall–Kier alpha value is -0.0900. The predicted octanol–water partition coefficient (Wildman–Crippen LogP) is 2.35. The zero-order chi connectivity index (χ0) is 10.3. The van der Waals surface area contributed by atoms with Crippen molar-refractivity contribution in [2.75, 3.05) is 5.75 Å². The lowest BCUT2D eigenvalue weighted by molar-refractivity contribution is 0.406. The molecular weight excluding hydrogens is 188 g/mol. The average molecular weight is 207 g/mol. The third-order valence-electron chi connectivity index (χ3n) is 2.14. The van der Waals surface area contributed by atoms with E-state index in [1.807, 2.05) is 0 Å². The van der Waals surface area contributed by atoms with Crippen LogP contribution in [0.4, 0.5) is 0 Å². The molecule has 1 atom stereocenters. The molecule has 0 N–H and O–H groups in total. The molecule has 0 fully saturated rings. The van der Waals surface area contributed by atoms with E-state index in [0.29, 0.717) is 12.3 Å². The molecule has 0 aromatic heterocycles. The van der Waals surface area contributed by atoms with Crippen LogP contribution in [0.5, 0.6) is 0 Å². The first kappa shape index (κ1) is 12.9. The first-order valence-corrected chi connectivity index (χ1v) is 6.47. The summed E-state index contributed by atoms with van der Waals surface area (Å²) in [5, 5.41) is 0. The van der Waals surface area contributed by atoms with Crippen molar-refractivity contribution in [2.24, 2.45) is 5.92 Å². The number of hydrogen-bond donors (Lipinski definition) is 0. The largest absolute Gasteiger partial charge is 0.294 e. The number of unbranched alkanes of at least 4 members (excludes halogenated alkanes) is 1. The fourth-order valence-electron chi connectivity index (χ4n) is 1.31. The highest BCUT2D eigenvalue weighted by molar-refractivity contribution is 7.85. The predicted molar refractivity (Wildman–Crippen MR) is 52.4 cm³/mol. The van der Waals surface area contributed by atoms with Crippen molar-refractivity contribution in [3.63, 3.8) is 0 Å². The summed E-state index contributed by atoms with van der Waals surface area (Å²) in [7, 11) is -3.99. The lowest BCUT2D eigenvalue weighted by Gasteiger charge is -2.08. The van der Waals surface area contributed by atoms with Crippen molar-refractivity contribution in [3.05, 3.63) is 0 Å². The Labute approximate surface area is 81.3 Å². The van der Waals surface area contributed by atoms with Crippen molar-refractivity contribution in [3.8, 4) is 0 Å². The Morgan fingerprint density at radius 3 is 2.15 bits per heavy atom. The molecular formula is C9H19O3S. The van der Waals surface area contributed by atoms with Gasteiger partial charge in [-0.25, -0.2) is 0 Å². The zero-order valence-corrected chi connectivity index (χ0v) is 9.27. The lowest BCUT2D eigenvalue weighted by atomic mass is 10.00. The van der Waals surface area contributed by atoms with E-state index in [9.17, 15) is 13.0 Å². The van der Waals surface area contributed by atoms with Gasteiger partial charge in [-0.1, -0.05) is 37.7 Å². The van der Waals surface area contributed by atoms with E-state index in [-0.39, 0.29) is 5.75 Å².